The van der Waals surface area contributed by atoms with E-state index in [1.54, 1.807) is 23.7 Å². The molecule has 0 N–H and O–H groups in total. The van der Waals surface area contributed by atoms with Crippen molar-refractivity contribution in [1.29, 1.82) is 0 Å². The average Bonchev–Trinajstić information content (AvgIpc) is 2.93. The fourth-order valence-corrected chi connectivity index (χ4v) is 4.55. The molecule has 1 saturated carbocycles. The Morgan fingerprint density at radius 2 is 2.19 bits per heavy atom. The Hall–Kier alpha value is -1.68. The maximum absolute atomic E-state index is 12.6. The minimum atomic E-state index is 0.209. The van der Waals surface area contributed by atoms with Crippen molar-refractivity contribution in [3.05, 3.63) is 41.5 Å². The highest BCUT2D eigenvalue weighted by molar-refractivity contribution is 7.17. The summed E-state index contributed by atoms with van der Waals surface area (Å²) < 4.78 is 0. The molecule has 108 valence electrons. The summed E-state index contributed by atoms with van der Waals surface area (Å²) in [5, 5.41) is 0. The summed E-state index contributed by atoms with van der Waals surface area (Å²) in [7, 11) is 0. The van der Waals surface area contributed by atoms with Crippen molar-refractivity contribution in [2.24, 2.45) is 11.3 Å². The van der Waals surface area contributed by atoms with Crippen LogP contribution in [-0.4, -0.2) is 28.9 Å². The van der Waals surface area contributed by atoms with E-state index < -0.39 is 0 Å². The first-order chi connectivity index (χ1) is 10.2. The van der Waals surface area contributed by atoms with Crippen molar-refractivity contribution >= 4 is 17.2 Å². The normalized spacial score (nSPS) is 26.7. The van der Waals surface area contributed by atoms with Gasteiger partial charge in [-0.3, -0.25) is 9.78 Å². The molecular formula is C17H18N2OS. The van der Waals surface area contributed by atoms with Crippen LogP contribution in [-0.2, 0) is 0 Å². The third-order valence-corrected chi connectivity index (χ3v) is 6.20. The lowest BCUT2D eigenvalue weighted by Gasteiger charge is -2.19. The van der Waals surface area contributed by atoms with E-state index >= 15 is 0 Å². The number of rotatable bonds is 3. The molecule has 2 atom stereocenters. The number of hydrogen-bond donors (Lipinski definition) is 0. The Morgan fingerprint density at radius 3 is 2.90 bits per heavy atom. The van der Waals surface area contributed by atoms with Gasteiger partial charge in [0.2, 0.25) is 0 Å². The van der Waals surface area contributed by atoms with Crippen molar-refractivity contribution in [2.45, 2.75) is 19.8 Å². The van der Waals surface area contributed by atoms with Gasteiger partial charge in [0.05, 0.1) is 4.88 Å². The number of carbonyl (C=O) groups is 1. The molecular weight excluding hydrogens is 280 g/mol. The van der Waals surface area contributed by atoms with Crippen LogP contribution in [0.2, 0.25) is 0 Å². The van der Waals surface area contributed by atoms with Gasteiger partial charge in [-0.05, 0) is 54.0 Å². The molecule has 0 unspecified atom stereocenters. The first-order valence-electron chi connectivity index (χ1n) is 7.51. The van der Waals surface area contributed by atoms with Gasteiger partial charge in [-0.25, -0.2) is 0 Å². The number of carbonyl (C=O) groups excluding carboxylic acids is 1. The predicted octanol–water partition coefficient (Wildman–Crippen LogP) is 3.68. The van der Waals surface area contributed by atoms with Gasteiger partial charge in [-0.15, -0.1) is 11.3 Å². The van der Waals surface area contributed by atoms with Crippen molar-refractivity contribution in [3.63, 3.8) is 0 Å². The maximum Gasteiger partial charge on any atom is 0.263 e. The molecule has 4 rings (SSSR count). The molecule has 2 aromatic rings. The van der Waals surface area contributed by atoms with E-state index in [0.717, 1.165) is 34.3 Å². The highest BCUT2D eigenvalue weighted by atomic mass is 32.1. The van der Waals surface area contributed by atoms with E-state index in [-0.39, 0.29) is 5.91 Å². The van der Waals surface area contributed by atoms with Gasteiger partial charge in [0.1, 0.15) is 0 Å². The number of aromatic nitrogens is 1. The fourth-order valence-electron chi connectivity index (χ4n) is 3.57. The Bertz CT molecular complexity index is 677. The summed E-state index contributed by atoms with van der Waals surface area (Å²) in [5.41, 5.74) is 1.59. The van der Waals surface area contributed by atoms with Crippen LogP contribution in [0, 0.1) is 11.3 Å². The number of pyridine rings is 1. The molecule has 1 amide bonds. The zero-order valence-electron chi connectivity index (χ0n) is 12.1. The summed E-state index contributed by atoms with van der Waals surface area (Å²) in [6.45, 7) is 4.16. The van der Waals surface area contributed by atoms with Crippen LogP contribution in [0.4, 0.5) is 0 Å². The fraction of sp³-hybridized carbons (Fsp3) is 0.412. The van der Waals surface area contributed by atoms with Gasteiger partial charge >= 0.3 is 0 Å². The third kappa shape index (κ3) is 2.09. The lowest BCUT2D eigenvalue weighted by Crippen LogP contribution is -2.31. The summed E-state index contributed by atoms with van der Waals surface area (Å²) >= 11 is 1.58. The molecule has 0 aromatic carbocycles. The van der Waals surface area contributed by atoms with Gasteiger partial charge in [0.15, 0.2) is 0 Å². The summed E-state index contributed by atoms with van der Waals surface area (Å²) in [6.07, 6.45) is 6.10. The van der Waals surface area contributed by atoms with E-state index in [2.05, 4.69) is 16.8 Å². The van der Waals surface area contributed by atoms with Crippen LogP contribution in [0.3, 0.4) is 0 Å². The first kappa shape index (κ1) is 13.0. The quantitative estimate of drug-likeness (QED) is 0.866. The van der Waals surface area contributed by atoms with Crippen LogP contribution >= 0.6 is 11.3 Å². The maximum atomic E-state index is 12.6. The Morgan fingerprint density at radius 1 is 1.38 bits per heavy atom. The molecule has 2 aromatic heterocycles. The Kier molecular flexibility index (Phi) is 2.89. The molecule has 0 spiro atoms. The number of hydrogen-bond acceptors (Lipinski definition) is 3. The minimum Gasteiger partial charge on any atom is -0.337 e. The Labute approximate surface area is 128 Å². The molecule has 0 bridgehead atoms. The highest BCUT2D eigenvalue weighted by Crippen LogP contribution is 2.60. The van der Waals surface area contributed by atoms with E-state index in [0.29, 0.717) is 5.41 Å². The minimum absolute atomic E-state index is 0.209. The van der Waals surface area contributed by atoms with Gasteiger partial charge < -0.3 is 4.90 Å². The standard InChI is InChI=1S/C17H18N2OS/c1-2-17-9-13(17)10-19(11-17)16(20)15-4-3-14(21-15)12-5-7-18-8-6-12/h3-8,13H,2,9-11H2,1H3/t13-,17+/m0/s1. The summed E-state index contributed by atoms with van der Waals surface area (Å²) in [5.74, 6) is 0.964. The summed E-state index contributed by atoms with van der Waals surface area (Å²) in [6, 6.07) is 7.97. The van der Waals surface area contributed by atoms with Crippen molar-refractivity contribution < 1.29 is 4.79 Å². The number of amides is 1. The lowest BCUT2D eigenvalue weighted by atomic mass is 10.0. The molecule has 4 heteroatoms. The predicted molar refractivity (Wildman–Crippen MR) is 84.3 cm³/mol. The molecule has 0 radical (unpaired) electrons. The lowest BCUT2D eigenvalue weighted by molar-refractivity contribution is 0.0769. The molecule has 1 aliphatic heterocycles. The van der Waals surface area contributed by atoms with Gasteiger partial charge in [0, 0.05) is 30.4 Å². The van der Waals surface area contributed by atoms with Crippen LogP contribution in [0.25, 0.3) is 10.4 Å². The zero-order chi connectivity index (χ0) is 14.4. The second-order valence-corrected chi connectivity index (χ2v) is 7.29. The zero-order valence-corrected chi connectivity index (χ0v) is 12.9. The Balaban J connectivity index is 1.53. The van der Waals surface area contributed by atoms with Gasteiger partial charge in [0.25, 0.3) is 5.91 Å². The smallest absolute Gasteiger partial charge is 0.263 e. The van der Waals surface area contributed by atoms with Crippen molar-refractivity contribution in [2.75, 3.05) is 13.1 Å². The third-order valence-electron chi connectivity index (χ3n) is 5.08. The number of nitrogens with zero attached hydrogens (tertiary/aromatic N) is 2. The topological polar surface area (TPSA) is 33.2 Å². The number of fused-ring (bicyclic) bond motifs is 1. The second kappa shape index (κ2) is 4.67. The molecule has 1 saturated heterocycles. The van der Waals surface area contributed by atoms with Crippen molar-refractivity contribution in [3.8, 4) is 10.4 Å². The number of piperidine rings is 1. The van der Waals surface area contributed by atoms with E-state index in [4.69, 9.17) is 0 Å². The first-order valence-corrected chi connectivity index (χ1v) is 8.33. The van der Waals surface area contributed by atoms with E-state index in [1.807, 2.05) is 24.3 Å². The SMILES string of the molecule is CC[C@]12C[C@H]1CN(C(=O)c1ccc(-c3ccncc3)s1)C2. The molecule has 1 aliphatic carbocycles. The molecule has 3 heterocycles. The molecule has 2 fully saturated rings. The molecule has 2 aliphatic rings. The molecule has 3 nitrogen and oxygen atoms in total. The van der Waals surface area contributed by atoms with Crippen LogP contribution in [0.5, 0.6) is 0 Å². The average molecular weight is 298 g/mol. The number of likely N-dealkylation sites (tertiary alicyclic amines) is 1. The monoisotopic (exact) mass is 298 g/mol. The second-order valence-electron chi connectivity index (χ2n) is 6.20. The largest absolute Gasteiger partial charge is 0.337 e. The van der Waals surface area contributed by atoms with Crippen LogP contribution in [0.15, 0.2) is 36.7 Å². The number of thiophene rings is 1. The highest BCUT2D eigenvalue weighted by Gasteiger charge is 2.59. The van der Waals surface area contributed by atoms with Gasteiger partial charge in [-0.2, -0.15) is 0 Å². The van der Waals surface area contributed by atoms with E-state index in [1.165, 1.54) is 12.8 Å². The van der Waals surface area contributed by atoms with E-state index in [9.17, 15) is 4.79 Å². The van der Waals surface area contributed by atoms with Gasteiger partial charge in [-0.1, -0.05) is 6.92 Å². The molecule has 21 heavy (non-hydrogen) atoms. The summed E-state index contributed by atoms with van der Waals surface area (Å²) in [4.78, 5) is 20.7. The van der Waals surface area contributed by atoms with Crippen LogP contribution in [0.1, 0.15) is 29.4 Å². The van der Waals surface area contributed by atoms with Crippen molar-refractivity contribution in [1.82, 2.24) is 9.88 Å². The van der Waals surface area contributed by atoms with Crippen LogP contribution < -0.4 is 0 Å².